The fraction of sp³-hybridized carbons (Fsp3) is 0.0714. The van der Waals surface area contributed by atoms with E-state index in [1.54, 1.807) is 24.3 Å². The zero-order chi connectivity index (χ0) is 13.7. The molecule has 0 bridgehead atoms. The van der Waals surface area contributed by atoms with Crippen molar-refractivity contribution in [2.45, 2.75) is 4.90 Å². The molecule has 0 radical (unpaired) electrons. The standard InChI is InChI=1S/C14H13ClN2OS/c15-10-1-7-13(8-2-10)19-9-14(18)17-12-5-3-11(16)4-6-12/h1-8H,9,16H2,(H,17,18). The number of benzene rings is 2. The number of nitrogen functional groups attached to an aromatic ring is 1. The summed E-state index contributed by atoms with van der Waals surface area (Å²) in [4.78, 5) is 12.8. The first kappa shape index (κ1) is 13.8. The Morgan fingerprint density at radius 3 is 2.37 bits per heavy atom. The van der Waals surface area contributed by atoms with Gasteiger partial charge in [0.05, 0.1) is 5.75 Å². The summed E-state index contributed by atoms with van der Waals surface area (Å²) in [5, 5.41) is 3.50. The molecule has 0 saturated heterocycles. The number of carbonyl (C=O) groups is 1. The van der Waals surface area contributed by atoms with Crippen LogP contribution in [0.5, 0.6) is 0 Å². The topological polar surface area (TPSA) is 55.1 Å². The predicted octanol–water partition coefficient (Wildman–Crippen LogP) is 3.65. The molecular formula is C14H13ClN2OS. The molecule has 0 aliphatic heterocycles. The quantitative estimate of drug-likeness (QED) is 0.668. The van der Waals surface area contributed by atoms with Crippen LogP contribution in [-0.4, -0.2) is 11.7 Å². The highest BCUT2D eigenvalue weighted by Gasteiger charge is 2.03. The number of halogens is 1. The van der Waals surface area contributed by atoms with Gasteiger partial charge in [-0.15, -0.1) is 11.8 Å². The van der Waals surface area contributed by atoms with E-state index in [-0.39, 0.29) is 5.91 Å². The van der Waals surface area contributed by atoms with Crippen molar-refractivity contribution in [2.24, 2.45) is 0 Å². The van der Waals surface area contributed by atoms with Gasteiger partial charge in [0.2, 0.25) is 5.91 Å². The Morgan fingerprint density at radius 1 is 1.11 bits per heavy atom. The second-order valence-corrected chi connectivity index (χ2v) is 5.40. The first-order valence-electron chi connectivity index (χ1n) is 5.67. The van der Waals surface area contributed by atoms with Gasteiger partial charge >= 0.3 is 0 Å². The van der Waals surface area contributed by atoms with Crippen LogP contribution < -0.4 is 11.1 Å². The predicted molar refractivity (Wildman–Crippen MR) is 81.7 cm³/mol. The van der Waals surface area contributed by atoms with Gasteiger partial charge in [-0.3, -0.25) is 4.79 Å². The molecule has 0 aliphatic carbocycles. The third kappa shape index (κ3) is 4.50. The van der Waals surface area contributed by atoms with E-state index in [0.29, 0.717) is 16.5 Å². The van der Waals surface area contributed by atoms with Crippen LogP contribution in [0.1, 0.15) is 0 Å². The number of thioether (sulfide) groups is 1. The molecule has 98 valence electrons. The minimum Gasteiger partial charge on any atom is -0.399 e. The van der Waals surface area contributed by atoms with E-state index in [1.807, 2.05) is 24.3 Å². The van der Waals surface area contributed by atoms with Gasteiger partial charge in [0.25, 0.3) is 0 Å². The molecule has 2 aromatic carbocycles. The molecule has 0 unspecified atom stereocenters. The Bertz CT molecular complexity index is 555. The van der Waals surface area contributed by atoms with Gasteiger partial charge < -0.3 is 11.1 Å². The van der Waals surface area contributed by atoms with Crippen LogP contribution in [0.15, 0.2) is 53.4 Å². The van der Waals surface area contributed by atoms with Gasteiger partial charge in [-0.05, 0) is 48.5 Å². The lowest BCUT2D eigenvalue weighted by molar-refractivity contribution is -0.113. The smallest absolute Gasteiger partial charge is 0.234 e. The number of rotatable bonds is 4. The molecule has 0 atom stereocenters. The summed E-state index contributed by atoms with van der Waals surface area (Å²) in [5.41, 5.74) is 7.00. The Kier molecular flexibility index (Phi) is 4.71. The van der Waals surface area contributed by atoms with Crippen molar-refractivity contribution in [3.63, 3.8) is 0 Å². The van der Waals surface area contributed by atoms with Crippen molar-refractivity contribution < 1.29 is 4.79 Å². The van der Waals surface area contributed by atoms with Crippen LogP contribution in [0.25, 0.3) is 0 Å². The summed E-state index contributed by atoms with van der Waals surface area (Å²) >= 11 is 7.26. The van der Waals surface area contributed by atoms with Crippen molar-refractivity contribution in [3.8, 4) is 0 Å². The van der Waals surface area contributed by atoms with E-state index in [2.05, 4.69) is 5.32 Å². The second kappa shape index (κ2) is 6.50. The highest BCUT2D eigenvalue weighted by atomic mass is 35.5. The monoisotopic (exact) mass is 292 g/mol. The molecular weight excluding hydrogens is 280 g/mol. The molecule has 5 heteroatoms. The molecule has 1 amide bonds. The van der Waals surface area contributed by atoms with Gasteiger partial charge in [-0.2, -0.15) is 0 Å². The van der Waals surface area contributed by atoms with Crippen molar-refractivity contribution in [3.05, 3.63) is 53.6 Å². The fourth-order valence-electron chi connectivity index (χ4n) is 1.44. The maximum atomic E-state index is 11.7. The Balaban J connectivity index is 1.84. The number of nitrogens with one attached hydrogen (secondary N) is 1. The highest BCUT2D eigenvalue weighted by molar-refractivity contribution is 8.00. The largest absolute Gasteiger partial charge is 0.399 e. The third-order valence-electron chi connectivity index (χ3n) is 2.38. The molecule has 3 nitrogen and oxygen atoms in total. The van der Waals surface area contributed by atoms with Crippen molar-refractivity contribution >= 4 is 40.6 Å². The van der Waals surface area contributed by atoms with Gasteiger partial charge in [0.15, 0.2) is 0 Å². The SMILES string of the molecule is Nc1ccc(NC(=O)CSc2ccc(Cl)cc2)cc1. The van der Waals surface area contributed by atoms with Crippen molar-refractivity contribution in [1.82, 2.24) is 0 Å². The van der Waals surface area contributed by atoms with Gasteiger partial charge in [0.1, 0.15) is 0 Å². The molecule has 0 saturated carbocycles. The number of hydrogen-bond donors (Lipinski definition) is 2. The summed E-state index contributed by atoms with van der Waals surface area (Å²) in [7, 11) is 0. The maximum absolute atomic E-state index is 11.7. The molecule has 19 heavy (non-hydrogen) atoms. The summed E-state index contributed by atoms with van der Waals surface area (Å²) in [6.45, 7) is 0. The number of anilines is 2. The Labute approximate surface area is 121 Å². The Morgan fingerprint density at radius 2 is 1.74 bits per heavy atom. The molecule has 3 N–H and O–H groups in total. The number of amides is 1. The van der Waals surface area contributed by atoms with E-state index in [9.17, 15) is 4.79 Å². The minimum atomic E-state index is -0.0512. The first-order chi connectivity index (χ1) is 9.13. The zero-order valence-corrected chi connectivity index (χ0v) is 11.7. The number of hydrogen-bond acceptors (Lipinski definition) is 3. The van der Waals surface area contributed by atoms with Gasteiger partial charge in [-0.25, -0.2) is 0 Å². The van der Waals surface area contributed by atoms with Crippen LogP contribution in [0.3, 0.4) is 0 Å². The first-order valence-corrected chi connectivity index (χ1v) is 7.03. The molecule has 0 aromatic heterocycles. The van der Waals surface area contributed by atoms with Crippen molar-refractivity contribution in [1.29, 1.82) is 0 Å². The summed E-state index contributed by atoms with van der Waals surface area (Å²) in [6, 6.07) is 14.5. The fourth-order valence-corrected chi connectivity index (χ4v) is 2.27. The Hall–Kier alpha value is -1.65. The van der Waals surface area contributed by atoms with Crippen molar-refractivity contribution in [2.75, 3.05) is 16.8 Å². The van der Waals surface area contributed by atoms with Crippen LogP contribution >= 0.6 is 23.4 Å². The normalized spacial score (nSPS) is 10.2. The van der Waals surface area contributed by atoms with E-state index in [0.717, 1.165) is 10.6 Å². The highest BCUT2D eigenvalue weighted by Crippen LogP contribution is 2.20. The maximum Gasteiger partial charge on any atom is 0.234 e. The van der Waals surface area contributed by atoms with Crippen LogP contribution in [-0.2, 0) is 4.79 Å². The lowest BCUT2D eigenvalue weighted by Gasteiger charge is -2.05. The molecule has 0 spiro atoms. The molecule has 2 aromatic rings. The van der Waals surface area contributed by atoms with Gasteiger partial charge in [0, 0.05) is 21.3 Å². The molecule has 2 rings (SSSR count). The van der Waals surface area contributed by atoms with Crippen LogP contribution in [0, 0.1) is 0 Å². The summed E-state index contributed by atoms with van der Waals surface area (Å²) in [5.74, 6) is 0.302. The van der Waals surface area contributed by atoms with Crippen LogP contribution in [0.4, 0.5) is 11.4 Å². The van der Waals surface area contributed by atoms with E-state index in [4.69, 9.17) is 17.3 Å². The van der Waals surface area contributed by atoms with E-state index >= 15 is 0 Å². The van der Waals surface area contributed by atoms with Crippen LogP contribution in [0.2, 0.25) is 5.02 Å². The molecule has 0 heterocycles. The average molecular weight is 293 g/mol. The minimum absolute atomic E-state index is 0.0512. The second-order valence-electron chi connectivity index (χ2n) is 3.91. The van der Waals surface area contributed by atoms with E-state index in [1.165, 1.54) is 11.8 Å². The number of nitrogens with two attached hydrogens (primary N) is 1. The summed E-state index contributed by atoms with van der Waals surface area (Å²) in [6.07, 6.45) is 0. The molecule has 0 fully saturated rings. The lowest BCUT2D eigenvalue weighted by Crippen LogP contribution is -2.13. The van der Waals surface area contributed by atoms with Gasteiger partial charge in [-0.1, -0.05) is 11.6 Å². The average Bonchev–Trinajstić information content (AvgIpc) is 2.41. The van der Waals surface area contributed by atoms with E-state index < -0.39 is 0 Å². The lowest BCUT2D eigenvalue weighted by atomic mass is 10.3. The molecule has 0 aliphatic rings. The zero-order valence-electron chi connectivity index (χ0n) is 10.1. The third-order valence-corrected chi connectivity index (χ3v) is 3.64. The number of carbonyl (C=O) groups excluding carboxylic acids is 1. The summed E-state index contributed by atoms with van der Waals surface area (Å²) < 4.78 is 0.